The third-order valence-corrected chi connectivity index (χ3v) is 4.85. The van der Waals surface area contributed by atoms with Crippen molar-refractivity contribution in [1.82, 2.24) is 9.29 Å². The summed E-state index contributed by atoms with van der Waals surface area (Å²) >= 11 is -0.138. The van der Waals surface area contributed by atoms with Crippen LogP contribution in [-0.2, 0) is 20.7 Å². The topological polar surface area (TPSA) is 71.9 Å². The van der Waals surface area contributed by atoms with Crippen LogP contribution in [-0.4, -0.2) is 39.3 Å². The van der Waals surface area contributed by atoms with E-state index in [-0.39, 0.29) is 5.70 Å². The van der Waals surface area contributed by atoms with Crippen molar-refractivity contribution >= 4 is 44.4 Å². The summed E-state index contributed by atoms with van der Waals surface area (Å²) in [7, 11) is 2.82. The maximum Gasteiger partial charge on any atom is 0.355 e. The summed E-state index contributed by atoms with van der Waals surface area (Å²) in [5.74, 6) is -0.544. The van der Waals surface area contributed by atoms with Gasteiger partial charge in [0.1, 0.15) is 5.70 Å². The predicted octanol–water partition coefficient (Wildman–Crippen LogP) is 1.67. The molecular weight excluding hydrogens is 310 g/mol. The van der Waals surface area contributed by atoms with Crippen LogP contribution in [0.15, 0.2) is 39.9 Å². The maximum atomic E-state index is 12.0. The van der Waals surface area contributed by atoms with E-state index in [1.54, 1.807) is 11.6 Å². The number of aromatic nitrogens is 1. The van der Waals surface area contributed by atoms with Crippen LogP contribution in [0, 0.1) is 0 Å². The van der Waals surface area contributed by atoms with Gasteiger partial charge in [0.15, 0.2) is 0 Å². The van der Waals surface area contributed by atoms with Crippen LogP contribution in [0.25, 0.3) is 10.2 Å². The lowest BCUT2D eigenvalue weighted by molar-refractivity contribution is -0.137. The van der Waals surface area contributed by atoms with Crippen molar-refractivity contribution in [3.63, 3.8) is 0 Å². The summed E-state index contributed by atoms with van der Waals surface area (Å²) in [6, 6.07) is 5.63. The van der Waals surface area contributed by atoms with Crippen LogP contribution < -0.4 is 0 Å². The summed E-state index contributed by atoms with van der Waals surface area (Å²) in [6.45, 7) is 0. The number of nitrogens with zero attached hydrogens (tertiary/aromatic N) is 3. The van der Waals surface area contributed by atoms with Crippen LogP contribution in [0.1, 0.15) is 5.56 Å². The van der Waals surface area contributed by atoms with Gasteiger partial charge in [0.2, 0.25) is 11.2 Å². The maximum absolute atomic E-state index is 12.0. The van der Waals surface area contributed by atoms with Crippen molar-refractivity contribution in [2.45, 2.75) is 0 Å². The molecule has 0 bridgehead atoms. The number of hydrogen-bond donors (Lipinski definition) is 0. The Labute approximate surface area is 127 Å². The summed E-state index contributed by atoms with van der Waals surface area (Å²) < 4.78 is 23.1. The smallest absolute Gasteiger partial charge is 0.355 e. The first kappa shape index (κ1) is 13.9. The number of rotatable bonds is 2. The average Bonchev–Trinajstić information content (AvgIpc) is 2.96. The van der Waals surface area contributed by atoms with E-state index in [0.717, 1.165) is 15.8 Å². The zero-order valence-corrected chi connectivity index (χ0v) is 12.9. The predicted molar refractivity (Wildman–Crippen MR) is 82.2 cm³/mol. The number of hydrogen-bond acceptors (Lipinski definition) is 5. The Kier molecular flexibility index (Phi) is 3.56. The molecule has 1 aliphatic heterocycles. The molecule has 1 unspecified atom stereocenters. The van der Waals surface area contributed by atoms with Crippen molar-refractivity contribution in [3.05, 3.63) is 41.0 Å². The zero-order valence-electron chi connectivity index (χ0n) is 11.3. The van der Waals surface area contributed by atoms with Gasteiger partial charge in [0.05, 0.1) is 28.5 Å². The molecule has 0 N–H and O–H groups in total. The molecular formula is C13H11N3O3S2. The van der Waals surface area contributed by atoms with Gasteiger partial charge in [0.25, 0.3) is 0 Å². The van der Waals surface area contributed by atoms with E-state index in [2.05, 4.69) is 9.38 Å². The SMILES string of the molecule is COC(=O)C1=CC(c2ccc3ncsc3c2)=NS(=O)N1C. The molecule has 0 saturated carbocycles. The monoisotopic (exact) mass is 321 g/mol. The average molecular weight is 321 g/mol. The van der Waals surface area contributed by atoms with Gasteiger partial charge in [-0.05, 0) is 18.2 Å². The van der Waals surface area contributed by atoms with Crippen LogP contribution in [0.5, 0.6) is 0 Å². The minimum absolute atomic E-state index is 0.213. The fraction of sp³-hybridized carbons (Fsp3) is 0.154. The van der Waals surface area contributed by atoms with Gasteiger partial charge in [-0.1, -0.05) is 6.07 Å². The lowest BCUT2D eigenvalue weighted by Crippen LogP contribution is -2.30. The highest BCUT2D eigenvalue weighted by molar-refractivity contribution is 7.81. The second-order valence-corrected chi connectivity index (χ2v) is 6.34. The van der Waals surface area contributed by atoms with Gasteiger partial charge in [-0.25, -0.2) is 14.0 Å². The number of methoxy groups -OCH3 is 1. The fourth-order valence-corrected chi connectivity index (χ4v) is 3.38. The third-order valence-electron chi connectivity index (χ3n) is 3.04. The van der Waals surface area contributed by atoms with E-state index in [1.165, 1.54) is 29.8 Å². The molecule has 0 radical (unpaired) electrons. The van der Waals surface area contributed by atoms with Gasteiger partial charge < -0.3 is 4.74 Å². The summed E-state index contributed by atoms with van der Waals surface area (Å²) in [5, 5.41) is 0. The summed E-state index contributed by atoms with van der Waals surface area (Å²) in [4.78, 5) is 16.0. The quantitative estimate of drug-likeness (QED) is 0.789. The van der Waals surface area contributed by atoms with Crippen molar-refractivity contribution in [1.29, 1.82) is 0 Å². The first-order valence-electron chi connectivity index (χ1n) is 5.98. The van der Waals surface area contributed by atoms with Crippen molar-refractivity contribution < 1.29 is 13.7 Å². The molecule has 0 saturated heterocycles. The number of carbonyl (C=O) groups is 1. The summed E-state index contributed by atoms with van der Waals surface area (Å²) in [6.07, 6.45) is 1.58. The Bertz CT molecular complexity index is 810. The van der Waals surface area contributed by atoms with E-state index >= 15 is 0 Å². The van der Waals surface area contributed by atoms with Crippen LogP contribution in [0.4, 0.5) is 0 Å². The molecule has 2 heterocycles. The van der Waals surface area contributed by atoms with E-state index in [9.17, 15) is 9.00 Å². The number of thiazole rings is 1. The number of ether oxygens (including phenoxy) is 1. The van der Waals surface area contributed by atoms with Gasteiger partial charge in [-0.15, -0.1) is 11.3 Å². The molecule has 1 aromatic carbocycles. The van der Waals surface area contributed by atoms with E-state index in [0.29, 0.717) is 5.71 Å². The first-order chi connectivity index (χ1) is 10.1. The Morgan fingerprint density at radius 2 is 2.24 bits per heavy atom. The molecule has 1 aliphatic rings. The molecule has 3 rings (SSSR count). The third kappa shape index (κ3) is 2.47. The number of carbonyl (C=O) groups excluding carboxylic acids is 1. The lowest BCUT2D eigenvalue weighted by Gasteiger charge is -2.21. The molecule has 21 heavy (non-hydrogen) atoms. The molecule has 1 atom stereocenters. The molecule has 2 aromatic rings. The molecule has 0 fully saturated rings. The largest absolute Gasteiger partial charge is 0.464 e. The molecule has 0 spiro atoms. The number of esters is 1. The van der Waals surface area contributed by atoms with Crippen molar-refractivity contribution in [2.24, 2.45) is 4.40 Å². The van der Waals surface area contributed by atoms with Gasteiger partial charge in [0, 0.05) is 12.6 Å². The van der Waals surface area contributed by atoms with Gasteiger partial charge >= 0.3 is 5.97 Å². The van der Waals surface area contributed by atoms with Crippen LogP contribution in [0.2, 0.25) is 0 Å². The molecule has 0 aliphatic carbocycles. The van der Waals surface area contributed by atoms with Crippen LogP contribution >= 0.6 is 11.3 Å². The van der Waals surface area contributed by atoms with Gasteiger partial charge in [-0.3, -0.25) is 4.31 Å². The highest BCUT2D eigenvalue weighted by Gasteiger charge is 2.25. The van der Waals surface area contributed by atoms with Crippen molar-refractivity contribution in [3.8, 4) is 0 Å². The molecule has 0 amide bonds. The van der Waals surface area contributed by atoms with E-state index < -0.39 is 17.1 Å². The number of likely N-dealkylation sites (N-methyl/N-ethyl adjacent to an activating group) is 1. The summed E-state index contributed by atoms with van der Waals surface area (Å²) in [5.41, 5.74) is 4.15. The standard InChI is InChI=1S/C13H11N3O3S2/c1-16-11(13(17)19-2)6-10(15-21(16)18)8-3-4-9-12(5-8)20-7-14-9/h3-7H,1-2H3. The van der Waals surface area contributed by atoms with Crippen LogP contribution in [0.3, 0.4) is 0 Å². The van der Waals surface area contributed by atoms with E-state index in [4.69, 9.17) is 4.74 Å². The number of benzene rings is 1. The normalized spacial score (nSPS) is 18.4. The highest BCUT2D eigenvalue weighted by Crippen LogP contribution is 2.22. The Morgan fingerprint density at radius 1 is 1.43 bits per heavy atom. The number of allylic oxidation sites excluding steroid dienone is 1. The minimum atomic E-state index is -1.65. The zero-order chi connectivity index (χ0) is 15.0. The molecule has 1 aromatic heterocycles. The fourth-order valence-electron chi connectivity index (χ4n) is 1.92. The Balaban J connectivity index is 2.07. The lowest BCUT2D eigenvalue weighted by atomic mass is 10.1. The number of fused-ring (bicyclic) bond motifs is 1. The molecule has 8 heteroatoms. The van der Waals surface area contributed by atoms with E-state index in [1.807, 2.05) is 18.2 Å². The highest BCUT2D eigenvalue weighted by atomic mass is 32.2. The second kappa shape index (κ2) is 5.38. The second-order valence-electron chi connectivity index (χ2n) is 4.26. The van der Waals surface area contributed by atoms with Gasteiger partial charge in [-0.2, -0.15) is 4.40 Å². The minimum Gasteiger partial charge on any atom is -0.464 e. The first-order valence-corrected chi connectivity index (χ1v) is 7.92. The van der Waals surface area contributed by atoms with Crippen molar-refractivity contribution in [2.75, 3.05) is 14.2 Å². The Morgan fingerprint density at radius 3 is 3.00 bits per heavy atom. The molecule has 108 valence electrons. The Hall–Kier alpha value is -2.06. The molecule has 6 nitrogen and oxygen atoms in total.